The lowest BCUT2D eigenvalue weighted by Crippen LogP contribution is -2.32. The van der Waals surface area contributed by atoms with Gasteiger partial charge in [-0.2, -0.15) is 0 Å². The second-order valence-corrected chi connectivity index (χ2v) is 6.45. The summed E-state index contributed by atoms with van der Waals surface area (Å²) < 4.78 is 0. The fourth-order valence-electron chi connectivity index (χ4n) is 3.19. The van der Waals surface area contributed by atoms with Crippen molar-refractivity contribution >= 4 is 5.91 Å². The standard InChI is InChI=1S/C17H19N3O2/c1-17(2)11-20(10-13(17)12-6-4-3-5-7-12)16(22)14-8-18-9-15(21)19-14/h3-9,13H,10-11H2,1-2H3,(H,19,21)/t13-/m0/s1. The van der Waals surface area contributed by atoms with Gasteiger partial charge in [0.25, 0.3) is 11.5 Å². The molecule has 1 aromatic carbocycles. The van der Waals surface area contributed by atoms with Gasteiger partial charge in [-0.1, -0.05) is 44.2 Å². The minimum Gasteiger partial charge on any atom is -0.336 e. The second-order valence-electron chi connectivity index (χ2n) is 6.45. The van der Waals surface area contributed by atoms with Crippen LogP contribution in [0, 0.1) is 5.41 Å². The molecule has 2 aromatic rings. The summed E-state index contributed by atoms with van der Waals surface area (Å²) in [5, 5.41) is 0. The molecule has 0 saturated carbocycles. The van der Waals surface area contributed by atoms with E-state index in [0.29, 0.717) is 13.1 Å². The number of hydrogen-bond acceptors (Lipinski definition) is 3. The number of amides is 1. The number of rotatable bonds is 2. The summed E-state index contributed by atoms with van der Waals surface area (Å²) in [6.45, 7) is 5.64. The molecular formula is C17H19N3O2. The highest BCUT2D eigenvalue weighted by Gasteiger charge is 2.42. The maximum Gasteiger partial charge on any atom is 0.272 e. The van der Waals surface area contributed by atoms with Gasteiger partial charge in [-0.3, -0.25) is 14.6 Å². The highest BCUT2D eigenvalue weighted by Crippen LogP contribution is 2.42. The molecule has 1 saturated heterocycles. The van der Waals surface area contributed by atoms with Crippen LogP contribution in [0.3, 0.4) is 0 Å². The monoisotopic (exact) mass is 297 g/mol. The number of nitrogens with one attached hydrogen (secondary N) is 1. The van der Waals surface area contributed by atoms with Crippen molar-refractivity contribution in [2.24, 2.45) is 5.41 Å². The zero-order chi connectivity index (χ0) is 15.7. The number of carbonyl (C=O) groups excluding carboxylic acids is 1. The normalized spacial score (nSPS) is 20.1. The van der Waals surface area contributed by atoms with Crippen LogP contribution in [0.1, 0.15) is 35.8 Å². The van der Waals surface area contributed by atoms with E-state index in [1.165, 1.54) is 11.8 Å². The largest absolute Gasteiger partial charge is 0.336 e. The molecule has 1 fully saturated rings. The molecule has 1 aliphatic heterocycles. The van der Waals surface area contributed by atoms with Crippen LogP contribution in [0.5, 0.6) is 0 Å². The first-order chi connectivity index (χ1) is 10.5. The van der Waals surface area contributed by atoms with Gasteiger partial charge in [-0.15, -0.1) is 0 Å². The van der Waals surface area contributed by atoms with Gasteiger partial charge in [-0.05, 0) is 11.0 Å². The maximum absolute atomic E-state index is 12.6. The zero-order valence-corrected chi connectivity index (χ0v) is 12.7. The summed E-state index contributed by atoms with van der Waals surface area (Å²) in [7, 11) is 0. The summed E-state index contributed by atoms with van der Waals surface area (Å²) in [6, 6.07) is 10.2. The molecule has 0 spiro atoms. The average Bonchev–Trinajstić information content (AvgIpc) is 2.83. The van der Waals surface area contributed by atoms with Gasteiger partial charge < -0.3 is 9.88 Å². The average molecular weight is 297 g/mol. The lowest BCUT2D eigenvalue weighted by Gasteiger charge is -2.25. The van der Waals surface area contributed by atoms with Crippen LogP contribution in [-0.4, -0.2) is 33.9 Å². The van der Waals surface area contributed by atoms with Crippen molar-refractivity contribution in [1.82, 2.24) is 14.9 Å². The molecule has 5 nitrogen and oxygen atoms in total. The Labute approximate surface area is 129 Å². The fraction of sp³-hybridized carbons (Fsp3) is 0.353. The minimum absolute atomic E-state index is 0.0144. The molecule has 3 rings (SSSR count). The van der Waals surface area contributed by atoms with Crippen LogP contribution in [0.4, 0.5) is 0 Å². The van der Waals surface area contributed by atoms with Crippen LogP contribution in [-0.2, 0) is 0 Å². The maximum atomic E-state index is 12.6. The van der Waals surface area contributed by atoms with Crippen molar-refractivity contribution in [3.8, 4) is 0 Å². The van der Waals surface area contributed by atoms with Crippen LogP contribution >= 0.6 is 0 Å². The van der Waals surface area contributed by atoms with E-state index in [0.717, 1.165) is 6.20 Å². The highest BCUT2D eigenvalue weighted by atomic mass is 16.2. The number of H-pyrrole nitrogens is 1. The van der Waals surface area contributed by atoms with Crippen LogP contribution in [0.2, 0.25) is 0 Å². The third-order valence-electron chi connectivity index (χ3n) is 4.32. The Bertz CT molecular complexity index is 737. The molecule has 2 heterocycles. The first-order valence-corrected chi connectivity index (χ1v) is 7.36. The van der Waals surface area contributed by atoms with Gasteiger partial charge in [0.2, 0.25) is 0 Å². The number of benzene rings is 1. The third kappa shape index (κ3) is 2.66. The zero-order valence-electron chi connectivity index (χ0n) is 12.7. The topological polar surface area (TPSA) is 66.1 Å². The van der Waals surface area contributed by atoms with Gasteiger partial charge in [0.15, 0.2) is 0 Å². The summed E-state index contributed by atoms with van der Waals surface area (Å²) >= 11 is 0. The van der Waals surface area contributed by atoms with E-state index in [4.69, 9.17) is 0 Å². The van der Waals surface area contributed by atoms with Crippen molar-refractivity contribution in [2.75, 3.05) is 13.1 Å². The van der Waals surface area contributed by atoms with E-state index in [2.05, 4.69) is 35.9 Å². The Morgan fingerprint density at radius 1 is 1.27 bits per heavy atom. The summed E-state index contributed by atoms with van der Waals surface area (Å²) in [5.74, 6) is 0.109. The van der Waals surface area contributed by atoms with Crippen LogP contribution in [0.15, 0.2) is 47.5 Å². The first kappa shape index (κ1) is 14.5. The van der Waals surface area contributed by atoms with E-state index in [1.807, 2.05) is 18.2 Å². The van der Waals surface area contributed by atoms with E-state index in [9.17, 15) is 9.59 Å². The van der Waals surface area contributed by atoms with E-state index < -0.39 is 0 Å². The number of likely N-dealkylation sites (tertiary alicyclic amines) is 1. The Kier molecular flexibility index (Phi) is 3.56. The van der Waals surface area contributed by atoms with Crippen molar-refractivity contribution in [1.29, 1.82) is 0 Å². The van der Waals surface area contributed by atoms with Crippen molar-refractivity contribution in [2.45, 2.75) is 19.8 Å². The lowest BCUT2D eigenvalue weighted by atomic mass is 9.78. The smallest absolute Gasteiger partial charge is 0.272 e. The van der Waals surface area contributed by atoms with Gasteiger partial charge >= 0.3 is 0 Å². The van der Waals surface area contributed by atoms with E-state index in [-0.39, 0.29) is 28.5 Å². The predicted octanol–water partition coefficient (Wildman–Crippen LogP) is 2.04. The van der Waals surface area contributed by atoms with Gasteiger partial charge in [0, 0.05) is 19.0 Å². The number of hydrogen-bond donors (Lipinski definition) is 1. The molecule has 0 unspecified atom stereocenters. The third-order valence-corrected chi connectivity index (χ3v) is 4.32. The quantitative estimate of drug-likeness (QED) is 0.922. The molecule has 1 amide bonds. The van der Waals surface area contributed by atoms with E-state index >= 15 is 0 Å². The number of nitrogens with zero attached hydrogens (tertiary/aromatic N) is 2. The molecule has 1 atom stereocenters. The molecule has 0 radical (unpaired) electrons. The number of aromatic nitrogens is 2. The molecule has 5 heteroatoms. The molecule has 114 valence electrons. The highest BCUT2D eigenvalue weighted by molar-refractivity contribution is 5.92. The molecular weight excluding hydrogens is 278 g/mol. The van der Waals surface area contributed by atoms with Crippen LogP contribution in [0.25, 0.3) is 0 Å². The summed E-state index contributed by atoms with van der Waals surface area (Å²) in [6.07, 6.45) is 2.57. The fourth-order valence-corrected chi connectivity index (χ4v) is 3.19. The van der Waals surface area contributed by atoms with Gasteiger partial charge in [0.05, 0.1) is 12.4 Å². The summed E-state index contributed by atoms with van der Waals surface area (Å²) in [5.41, 5.74) is 1.11. The predicted molar refractivity (Wildman–Crippen MR) is 83.7 cm³/mol. The Morgan fingerprint density at radius 3 is 2.68 bits per heavy atom. The van der Waals surface area contributed by atoms with E-state index in [1.54, 1.807) is 4.90 Å². The molecule has 22 heavy (non-hydrogen) atoms. The van der Waals surface area contributed by atoms with Crippen molar-refractivity contribution in [3.63, 3.8) is 0 Å². The number of carbonyl (C=O) groups is 1. The van der Waals surface area contributed by atoms with Crippen LogP contribution < -0.4 is 5.56 Å². The Morgan fingerprint density at radius 2 is 2.00 bits per heavy atom. The molecule has 0 aliphatic carbocycles. The lowest BCUT2D eigenvalue weighted by molar-refractivity contribution is 0.0771. The SMILES string of the molecule is CC1(C)CN(C(=O)c2cncc(=O)[nH]2)C[C@H]1c1ccccc1. The minimum atomic E-state index is -0.357. The van der Waals surface area contributed by atoms with Gasteiger partial charge in [0.1, 0.15) is 5.69 Å². The molecule has 1 N–H and O–H groups in total. The number of aromatic amines is 1. The van der Waals surface area contributed by atoms with Gasteiger partial charge in [-0.25, -0.2) is 0 Å². The first-order valence-electron chi connectivity index (χ1n) is 7.36. The summed E-state index contributed by atoms with van der Waals surface area (Å²) in [4.78, 5) is 32.1. The Balaban J connectivity index is 1.86. The molecule has 1 aromatic heterocycles. The molecule has 0 bridgehead atoms. The van der Waals surface area contributed by atoms with Crippen molar-refractivity contribution in [3.05, 3.63) is 64.3 Å². The molecule has 1 aliphatic rings. The second kappa shape index (κ2) is 5.40. The van der Waals surface area contributed by atoms with Crippen molar-refractivity contribution < 1.29 is 4.79 Å². The Hall–Kier alpha value is -2.43.